The fourth-order valence-electron chi connectivity index (χ4n) is 2.57. The third kappa shape index (κ3) is 4.56. The summed E-state index contributed by atoms with van der Waals surface area (Å²) in [6.45, 7) is 4.97. The van der Waals surface area contributed by atoms with Crippen LogP contribution in [0.1, 0.15) is 53.2 Å². The Morgan fingerprint density at radius 1 is 1.48 bits per heavy atom. The van der Waals surface area contributed by atoms with Crippen LogP contribution in [-0.2, 0) is 22.4 Å². The standard InChI is InChI=1S/C16H23NO3S/c1-3-20-15(18)5-4-8-17-16(19)14-10-12-9-11(2)6-7-13(12)21-14/h10-11H,3-9H2,1-2H3,(H,17,19). The van der Waals surface area contributed by atoms with Gasteiger partial charge >= 0.3 is 5.97 Å². The molecule has 4 nitrogen and oxygen atoms in total. The third-order valence-electron chi connectivity index (χ3n) is 3.70. The zero-order valence-electron chi connectivity index (χ0n) is 12.7. The van der Waals surface area contributed by atoms with E-state index in [2.05, 4.69) is 12.2 Å². The Kier molecular flexibility index (Phi) is 5.79. The molecule has 21 heavy (non-hydrogen) atoms. The van der Waals surface area contributed by atoms with Gasteiger partial charge < -0.3 is 10.1 Å². The molecule has 1 heterocycles. The van der Waals surface area contributed by atoms with Crippen molar-refractivity contribution < 1.29 is 14.3 Å². The molecule has 1 N–H and O–H groups in total. The van der Waals surface area contributed by atoms with Crippen molar-refractivity contribution in [3.8, 4) is 0 Å². The first kappa shape index (κ1) is 16.0. The highest BCUT2D eigenvalue weighted by molar-refractivity contribution is 7.14. The topological polar surface area (TPSA) is 55.4 Å². The van der Waals surface area contributed by atoms with Crippen LogP contribution < -0.4 is 5.32 Å². The lowest BCUT2D eigenvalue weighted by molar-refractivity contribution is -0.143. The van der Waals surface area contributed by atoms with Gasteiger partial charge in [-0.05, 0) is 50.2 Å². The number of amides is 1. The Morgan fingerprint density at radius 2 is 2.29 bits per heavy atom. The molecule has 1 atom stereocenters. The van der Waals surface area contributed by atoms with Crippen LogP contribution in [0.3, 0.4) is 0 Å². The monoisotopic (exact) mass is 309 g/mol. The summed E-state index contributed by atoms with van der Waals surface area (Å²) in [5, 5.41) is 2.88. The molecule has 1 amide bonds. The van der Waals surface area contributed by atoms with Crippen LogP contribution in [0.25, 0.3) is 0 Å². The van der Waals surface area contributed by atoms with Gasteiger partial charge in [0, 0.05) is 17.8 Å². The number of ether oxygens (including phenoxy) is 1. The van der Waals surface area contributed by atoms with E-state index in [9.17, 15) is 9.59 Å². The summed E-state index contributed by atoms with van der Waals surface area (Å²) >= 11 is 1.61. The van der Waals surface area contributed by atoms with E-state index in [4.69, 9.17) is 4.74 Å². The van der Waals surface area contributed by atoms with E-state index in [1.807, 2.05) is 6.07 Å². The highest BCUT2D eigenvalue weighted by atomic mass is 32.1. The van der Waals surface area contributed by atoms with E-state index < -0.39 is 0 Å². The van der Waals surface area contributed by atoms with E-state index in [0.717, 1.165) is 17.7 Å². The molecule has 0 saturated carbocycles. The summed E-state index contributed by atoms with van der Waals surface area (Å²) in [7, 11) is 0. The van der Waals surface area contributed by atoms with E-state index in [0.29, 0.717) is 31.9 Å². The number of hydrogen-bond donors (Lipinski definition) is 1. The molecule has 0 spiro atoms. The maximum Gasteiger partial charge on any atom is 0.305 e. The SMILES string of the molecule is CCOC(=O)CCCNC(=O)c1cc2c(s1)CCC(C)C2. The van der Waals surface area contributed by atoms with E-state index in [1.54, 1.807) is 18.3 Å². The molecule has 0 aromatic carbocycles. The smallest absolute Gasteiger partial charge is 0.305 e. The van der Waals surface area contributed by atoms with Crippen molar-refractivity contribution in [3.05, 3.63) is 21.4 Å². The van der Waals surface area contributed by atoms with Crippen LogP contribution in [0.15, 0.2) is 6.07 Å². The summed E-state index contributed by atoms with van der Waals surface area (Å²) in [5.74, 6) is 0.492. The number of esters is 1. The van der Waals surface area contributed by atoms with Crippen molar-refractivity contribution in [1.82, 2.24) is 5.32 Å². The molecule has 0 fully saturated rings. The number of thiophene rings is 1. The second-order valence-corrected chi connectivity index (χ2v) is 6.71. The molecule has 1 aromatic rings. The van der Waals surface area contributed by atoms with Crippen LogP contribution in [-0.4, -0.2) is 25.0 Å². The second-order valence-electron chi connectivity index (χ2n) is 5.57. The Labute approximate surface area is 129 Å². The van der Waals surface area contributed by atoms with Crippen LogP contribution >= 0.6 is 11.3 Å². The van der Waals surface area contributed by atoms with Gasteiger partial charge in [0.05, 0.1) is 11.5 Å². The zero-order chi connectivity index (χ0) is 15.2. The Balaban J connectivity index is 1.77. The molecule has 0 saturated heterocycles. The van der Waals surface area contributed by atoms with E-state index in [1.165, 1.54) is 16.9 Å². The van der Waals surface area contributed by atoms with Gasteiger partial charge in [0.1, 0.15) is 0 Å². The van der Waals surface area contributed by atoms with Crippen LogP contribution in [0.5, 0.6) is 0 Å². The number of nitrogens with one attached hydrogen (secondary N) is 1. The molecule has 0 bridgehead atoms. The molecule has 0 aliphatic heterocycles. The zero-order valence-corrected chi connectivity index (χ0v) is 13.6. The minimum absolute atomic E-state index is 0.0223. The number of rotatable bonds is 6. The molecular weight excluding hydrogens is 286 g/mol. The maximum atomic E-state index is 12.1. The van der Waals surface area contributed by atoms with Gasteiger partial charge in [-0.15, -0.1) is 11.3 Å². The average molecular weight is 309 g/mol. The summed E-state index contributed by atoms with van der Waals surface area (Å²) in [6, 6.07) is 2.04. The molecule has 5 heteroatoms. The summed E-state index contributed by atoms with van der Waals surface area (Å²) < 4.78 is 4.85. The number of hydrogen-bond acceptors (Lipinski definition) is 4. The summed E-state index contributed by atoms with van der Waals surface area (Å²) in [6.07, 6.45) is 4.37. The van der Waals surface area contributed by atoms with Gasteiger partial charge in [-0.2, -0.15) is 0 Å². The van der Waals surface area contributed by atoms with Crippen LogP contribution in [0, 0.1) is 5.92 Å². The van der Waals surface area contributed by atoms with Crippen molar-refractivity contribution in [2.24, 2.45) is 5.92 Å². The van der Waals surface area contributed by atoms with Crippen molar-refractivity contribution in [2.75, 3.05) is 13.2 Å². The van der Waals surface area contributed by atoms with Gasteiger partial charge in [-0.1, -0.05) is 6.92 Å². The normalized spacial score (nSPS) is 17.1. The predicted molar refractivity (Wildman–Crippen MR) is 83.7 cm³/mol. The first-order valence-corrected chi connectivity index (χ1v) is 8.47. The minimum Gasteiger partial charge on any atom is -0.466 e. The largest absolute Gasteiger partial charge is 0.466 e. The second kappa shape index (κ2) is 7.59. The first-order chi connectivity index (χ1) is 10.1. The quantitative estimate of drug-likeness (QED) is 0.649. The lowest BCUT2D eigenvalue weighted by Gasteiger charge is -2.16. The Morgan fingerprint density at radius 3 is 3.05 bits per heavy atom. The molecule has 0 radical (unpaired) electrons. The number of carbonyl (C=O) groups excluding carboxylic acids is 2. The Bertz CT molecular complexity index is 510. The van der Waals surface area contributed by atoms with Crippen molar-refractivity contribution in [1.29, 1.82) is 0 Å². The number of carbonyl (C=O) groups is 2. The summed E-state index contributed by atoms with van der Waals surface area (Å²) in [5.41, 5.74) is 1.34. The predicted octanol–water partition coefficient (Wildman–Crippen LogP) is 2.95. The molecule has 1 aromatic heterocycles. The van der Waals surface area contributed by atoms with Gasteiger partial charge in [-0.25, -0.2) is 0 Å². The molecule has 1 aliphatic rings. The number of aryl methyl sites for hydroxylation is 1. The lowest BCUT2D eigenvalue weighted by Crippen LogP contribution is -2.24. The van der Waals surface area contributed by atoms with Crippen LogP contribution in [0.2, 0.25) is 0 Å². The van der Waals surface area contributed by atoms with Gasteiger partial charge in [-0.3, -0.25) is 9.59 Å². The molecule has 116 valence electrons. The maximum absolute atomic E-state index is 12.1. The third-order valence-corrected chi connectivity index (χ3v) is 4.94. The fraction of sp³-hybridized carbons (Fsp3) is 0.625. The highest BCUT2D eigenvalue weighted by Crippen LogP contribution is 2.32. The van der Waals surface area contributed by atoms with Gasteiger partial charge in [0.2, 0.25) is 0 Å². The van der Waals surface area contributed by atoms with Crippen molar-refractivity contribution in [2.45, 2.75) is 46.0 Å². The fourth-order valence-corrected chi connectivity index (χ4v) is 3.70. The van der Waals surface area contributed by atoms with E-state index >= 15 is 0 Å². The van der Waals surface area contributed by atoms with E-state index in [-0.39, 0.29) is 11.9 Å². The highest BCUT2D eigenvalue weighted by Gasteiger charge is 2.20. The number of fused-ring (bicyclic) bond motifs is 1. The first-order valence-electron chi connectivity index (χ1n) is 7.65. The molecule has 1 unspecified atom stereocenters. The van der Waals surface area contributed by atoms with Crippen molar-refractivity contribution in [3.63, 3.8) is 0 Å². The van der Waals surface area contributed by atoms with Crippen LogP contribution in [0.4, 0.5) is 0 Å². The lowest BCUT2D eigenvalue weighted by atomic mass is 9.90. The average Bonchev–Trinajstić information content (AvgIpc) is 2.86. The molecule has 1 aliphatic carbocycles. The molecule has 2 rings (SSSR count). The van der Waals surface area contributed by atoms with Gasteiger partial charge in [0.25, 0.3) is 5.91 Å². The summed E-state index contributed by atoms with van der Waals surface area (Å²) in [4.78, 5) is 25.4. The Hall–Kier alpha value is -1.36. The van der Waals surface area contributed by atoms with Gasteiger partial charge in [0.15, 0.2) is 0 Å². The minimum atomic E-state index is -0.202. The molecular formula is C16H23NO3S. The van der Waals surface area contributed by atoms with Crippen molar-refractivity contribution >= 4 is 23.2 Å².